The Kier molecular flexibility index (Phi) is 4.87. The number of nitrogens with one attached hydrogen (secondary N) is 1. The second-order valence-electron chi connectivity index (χ2n) is 7.97. The molecular weight excluding hydrogens is 384 g/mol. The zero-order chi connectivity index (χ0) is 19.8. The van der Waals surface area contributed by atoms with Crippen molar-refractivity contribution in [1.29, 1.82) is 0 Å². The molecule has 2 fully saturated rings. The molecule has 0 saturated carbocycles. The summed E-state index contributed by atoms with van der Waals surface area (Å²) in [5, 5.41) is 6.04. The van der Waals surface area contributed by atoms with Crippen LogP contribution < -0.4 is 15.1 Å². The summed E-state index contributed by atoms with van der Waals surface area (Å²) in [6.07, 6.45) is 8.71. The van der Waals surface area contributed by atoms with Crippen LogP contribution in [0.4, 0.5) is 10.9 Å². The average Bonchev–Trinajstić information content (AvgIpc) is 3.48. The maximum absolute atomic E-state index is 12.7. The molecule has 0 bridgehead atoms. The highest BCUT2D eigenvalue weighted by Crippen LogP contribution is 2.26. The number of aryl methyl sites for hydroxylation is 1. The van der Waals surface area contributed by atoms with Gasteiger partial charge in [0.2, 0.25) is 0 Å². The van der Waals surface area contributed by atoms with Gasteiger partial charge < -0.3 is 19.5 Å². The van der Waals surface area contributed by atoms with Crippen molar-refractivity contribution >= 4 is 33.7 Å². The fourth-order valence-electron chi connectivity index (χ4n) is 4.31. The van der Waals surface area contributed by atoms with Gasteiger partial charge in [0.05, 0.1) is 11.2 Å². The Bertz CT molecular complexity index is 1020. The van der Waals surface area contributed by atoms with Gasteiger partial charge in [0.25, 0.3) is 5.91 Å². The zero-order valence-corrected chi connectivity index (χ0v) is 17.5. The average molecular weight is 411 g/mol. The zero-order valence-electron chi connectivity index (χ0n) is 16.7. The molecule has 2 aliphatic heterocycles. The Hall–Kier alpha value is -2.61. The Morgan fingerprint density at radius 1 is 1.17 bits per heavy atom. The molecular formula is C21H26N6OS. The van der Waals surface area contributed by atoms with Crippen LogP contribution in [0.1, 0.15) is 41.9 Å². The number of hydrogen-bond donors (Lipinski definition) is 1. The quantitative estimate of drug-likeness (QED) is 0.716. The molecule has 0 radical (unpaired) electrons. The number of anilines is 2. The molecule has 2 aliphatic rings. The molecule has 29 heavy (non-hydrogen) atoms. The summed E-state index contributed by atoms with van der Waals surface area (Å²) >= 11 is 1.57. The molecule has 1 amide bonds. The highest BCUT2D eigenvalue weighted by molar-refractivity contribution is 7.13. The lowest BCUT2D eigenvalue weighted by molar-refractivity contribution is 0.0936. The fraction of sp³-hybridized carbons (Fsp3) is 0.476. The first-order valence-electron chi connectivity index (χ1n) is 10.4. The van der Waals surface area contributed by atoms with Crippen LogP contribution in [0.25, 0.3) is 5.52 Å². The largest absolute Gasteiger partial charge is 0.353 e. The van der Waals surface area contributed by atoms with E-state index in [4.69, 9.17) is 4.98 Å². The molecule has 0 spiro atoms. The first-order chi connectivity index (χ1) is 14.2. The summed E-state index contributed by atoms with van der Waals surface area (Å²) in [6.45, 7) is 5.76. The van der Waals surface area contributed by atoms with Gasteiger partial charge >= 0.3 is 0 Å². The summed E-state index contributed by atoms with van der Waals surface area (Å²) in [4.78, 5) is 26.7. The van der Waals surface area contributed by atoms with Crippen molar-refractivity contribution in [2.75, 3.05) is 36.0 Å². The first-order valence-corrected chi connectivity index (χ1v) is 11.3. The van der Waals surface area contributed by atoms with Gasteiger partial charge in [-0.05, 0) is 44.7 Å². The van der Waals surface area contributed by atoms with E-state index in [0.717, 1.165) is 54.8 Å². The van der Waals surface area contributed by atoms with Crippen molar-refractivity contribution in [1.82, 2.24) is 19.7 Å². The minimum atomic E-state index is -0.0682. The normalized spacial score (nSPS) is 19.8. The number of thiazole rings is 1. The fourth-order valence-corrected chi connectivity index (χ4v) is 5.17. The number of carbonyl (C=O) groups excluding carboxylic acids is 1. The summed E-state index contributed by atoms with van der Waals surface area (Å²) in [5.41, 5.74) is 2.63. The van der Waals surface area contributed by atoms with Gasteiger partial charge in [-0.3, -0.25) is 4.79 Å². The number of hydrogen-bond acceptors (Lipinski definition) is 6. The van der Waals surface area contributed by atoms with Crippen LogP contribution >= 0.6 is 11.3 Å². The number of amides is 1. The Morgan fingerprint density at radius 2 is 2.03 bits per heavy atom. The van der Waals surface area contributed by atoms with Gasteiger partial charge in [0, 0.05) is 50.0 Å². The van der Waals surface area contributed by atoms with Crippen molar-refractivity contribution in [3.63, 3.8) is 0 Å². The Morgan fingerprint density at radius 3 is 2.90 bits per heavy atom. The van der Waals surface area contributed by atoms with Crippen LogP contribution in [0.5, 0.6) is 0 Å². The number of carbonyl (C=O) groups is 1. The molecule has 7 nitrogen and oxygen atoms in total. The Labute approximate surface area is 174 Å². The van der Waals surface area contributed by atoms with Gasteiger partial charge in [-0.15, -0.1) is 11.3 Å². The van der Waals surface area contributed by atoms with E-state index in [0.29, 0.717) is 5.69 Å². The SMILES string of the molecule is Cc1cn2cccc2c(N2CCC(NC(=O)c3csc(N4CCCCC4)n3)C2)n1. The predicted molar refractivity (Wildman–Crippen MR) is 116 cm³/mol. The van der Waals surface area contributed by atoms with Crippen molar-refractivity contribution in [2.45, 2.75) is 38.6 Å². The molecule has 3 aromatic heterocycles. The van der Waals surface area contributed by atoms with Crippen LogP contribution in [0.2, 0.25) is 0 Å². The predicted octanol–water partition coefficient (Wildman–Crippen LogP) is 3.10. The summed E-state index contributed by atoms with van der Waals surface area (Å²) in [6, 6.07) is 4.24. The lowest BCUT2D eigenvalue weighted by Crippen LogP contribution is -2.37. The molecule has 0 aromatic carbocycles. The molecule has 1 N–H and O–H groups in total. The number of piperidine rings is 1. The van der Waals surface area contributed by atoms with E-state index in [1.165, 1.54) is 19.3 Å². The van der Waals surface area contributed by atoms with Crippen molar-refractivity contribution < 1.29 is 4.79 Å². The van der Waals surface area contributed by atoms with Crippen molar-refractivity contribution in [3.05, 3.63) is 41.3 Å². The third-order valence-corrected chi connectivity index (χ3v) is 6.69. The third-order valence-electron chi connectivity index (χ3n) is 5.79. The highest BCUT2D eigenvalue weighted by Gasteiger charge is 2.27. The van der Waals surface area contributed by atoms with Crippen molar-refractivity contribution in [2.24, 2.45) is 0 Å². The molecule has 1 atom stereocenters. The van der Waals surface area contributed by atoms with Crippen LogP contribution in [0.3, 0.4) is 0 Å². The van der Waals surface area contributed by atoms with E-state index in [1.54, 1.807) is 11.3 Å². The van der Waals surface area contributed by atoms with Crippen LogP contribution in [0, 0.1) is 6.92 Å². The third kappa shape index (κ3) is 3.69. The van der Waals surface area contributed by atoms with E-state index < -0.39 is 0 Å². The topological polar surface area (TPSA) is 65.8 Å². The van der Waals surface area contributed by atoms with Gasteiger partial charge in [0.1, 0.15) is 5.69 Å². The van der Waals surface area contributed by atoms with E-state index in [-0.39, 0.29) is 11.9 Å². The smallest absolute Gasteiger partial charge is 0.271 e. The maximum atomic E-state index is 12.7. The van der Waals surface area contributed by atoms with Crippen LogP contribution in [-0.4, -0.2) is 52.5 Å². The lowest BCUT2D eigenvalue weighted by Gasteiger charge is -2.25. The maximum Gasteiger partial charge on any atom is 0.271 e. The highest BCUT2D eigenvalue weighted by atomic mass is 32.1. The van der Waals surface area contributed by atoms with Gasteiger partial charge in [-0.25, -0.2) is 9.97 Å². The minimum Gasteiger partial charge on any atom is -0.353 e. The van der Waals surface area contributed by atoms with E-state index in [1.807, 2.05) is 30.8 Å². The molecule has 5 heterocycles. The van der Waals surface area contributed by atoms with Gasteiger partial charge in [-0.2, -0.15) is 0 Å². The molecule has 2 saturated heterocycles. The Balaban J connectivity index is 1.24. The number of nitrogens with zero attached hydrogens (tertiary/aromatic N) is 5. The molecule has 1 unspecified atom stereocenters. The molecule has 8 heteroatoms. The van der Waals surface area contributed by atoms with Gasteiger partial charge in [0.15, 0.2) is 10.9 Å². The second kappa shape index (κ2) is 7.67. The van der Waals surface area contributed by atoms with E-state index >= 15 is 0 Å². The first kappa shape index (κ1) is 18.4. The number of aromatic nitrogens is 3. The van der Waals surface area contributed by atoms with Gasteiger partial charge in [-0.1, -0.05) is 0 Å². The van der Waals surface area contributed by atoms with Crippen LogP contribution in [0.15, 0.2) is 29.9 Å². The summed E-state index contributed by atoms with van der Waals surface area (Å²) in [7, 11) is 0. The molecule has 5 rings (SSSR count). The lowest BCUT2D eigenvalue weighted by atomic mass is 10.1. The van der Waals surface area contributed by atoms with E-state index in [9.17, 15) is 4.79 Å². The minimum absolute atomic E-state index is 0.0682. The summed E-state index contributed by atoms with van der Waals surface area (Å²) in [5.74, 6) is 0.925. The summed E-state index contributed by atoms with van der Waals surface area (Å²) < 4.78 is 2.11. The molecule has 0 aliphatic carbocycles. The van der Waals surface area contributed by atoms with Crippen molar-refractivity contribution in [3.8, 4) is 0 Å². The monoisotopic (exact) mass is 410 g/mol. The number of fused-ring (bicyclic) bond motifs is 1. The van der Waals surface area contributed by atoms with Crippen LogP contribution in [-0.2, 0) is 0 Å². The second-order valence-corrected chi connectivity index (χ2v) is 8.81. The molecule has 152 valence electrons. The standard InChI is InChI=1S/C21H26N6OS/c1-15-12-26-10-5-6-18(26)19(22-15)27-11-7-16(13-27)23-20(28)17-14-29-21(24-17)25-8-3-2-4-9-25/h5-6,10,12,14,16H,2-4,7-9,11,13H2,1H3,(H,23,28). The molecule has 3 aromatic rings. The number of rotatable bonds is 4. The van der Waals surface area contributed by atoms with E-state index in [2.05, 4.69) is 30.6 Å².